The van der Waals surface area contributed by atoms with Crippen molar-refractivity contribution in [2.75, 3.05) is 13.7 Å². The van der Waals surface area contributed by atoms with Crippen molar-refractivity contribution in [2.24, 2.45) is 10.9 Å². The van der Waals surface area contributed by atoms with Gasteiger partial charge in [-0.2, -0.15) is 0 Å². The van der Waals surface area contributed by atoms with Crippen LogP contribution in [0.4, 0.5) is 0 Å². The fourth-order valence-electron chi connectivity index (χ4n) is 0.618. The van der Waals surface area contributed by atoms with Crippen molar-refractivity contribution in [1.29, 1.82) is 0 Å². The molecule has 0 saturated heterocycles. The molecule has 2 unspecified atom stereocenters. The standard InChI is InChI=1S/C8H15NO3/c1-6(8(11)12-3)4-9-5-7(2)10/h4,6-7,10H,5H2,1-3H3. The van der Waals surface area contributed by atoms with Gasteiger partial charge in [-0.05, 0) is 13.8 Å². The number of aliphatic hydroxyl groups excluding tert-OH is 1. The maximum absolute atomic E-state index is 10.8. The summed E-state index contributed by atoms with van der Waals surface area (Å²) in [5.41, 5.74) is 0. The lowest BCUT2D eigenvalue weighted by molar-refractivity contribution is -0.142. The van der Waals surface area contributed by atoms with Crippen LogP contribution < -0.4 is 0 Å². The van der Waals surface area contributed by atoms with E-state index in [1.54, 1.807) is 13.8 Å². The van der Waals surface area contributed by atoms with E-state index >= 15 is 0 Å². The molecule has 0 aliphatic heterocycles. The molecule has 12 heavy (non-hydrogen) atoms. The molecule has 1 N–H and O–H groups in total. The Hall–Kier alpha value is -0.900. The molecule has 0 radical (unpaired) electrons. The molecule has 0 fully saturated rings. The van der Waals surface area contributed by atoms with Crippen LogP contribution in [-0.2, 0) is 9.53 Å². The first-order valence-electron chi connectivity index (χ1n) is 3.83. The van der Waals surface area contributed by atoms with E-state index in [4.69, 9.17) is 5.11 Å². The van der Waals surface area contributed by atoms with Crippen LogP contribution in [0.15, 0.2) is 4.99 Å². The molecular weight excluding hydrogens is 158 g/mol. The largest absolute Gasteiger partial charge is 0.469 e. The van der Waals surface area contributed by atoms with Crippen molar-refractivity contribution in [3.8, 4) is 0 Å². The Morgan fingerprint density at radius 2 is 2.25 bits per heavy atom. The van der Waals surface area contributed by atoms with Crippen molar-refractivity contribution in [3.63, 3.8) is 0 Å². The lowest BCUT2D eigenvalue weighted by atomic mass is 10.2. The van der Waals surface area contributed by atoms with Gasteiger partial charge in [-0.3, -0.25) is 9.79 Å². The number of carbonyl (C=O) groups excluding carboxylic acids is 1. The van der Waals surface area contributed by atoms with E-state index < -0.39 is 6.10 Å². The molecular formula is C8H15NO3. The van der Waals surface area contributed by atoms with Crippen LogP contribution in [0.1, 0.15) is 13.8 Å². The highest BCUT2D eigenvalue weighted by Crippen LogP contribution is 1.93. The number of ether oxygens (including phenoxy) is 1. The molecule has 0 aromatic heterocycles. The van der Waals surface area contributed by atoms with E-state index in [1.807, 2.05) is 0 Å². The summed E-state index contributed by atoms with van der Waals surface area (Å²) >= 11 is 0. The van der Waals surface area contributed by atoms with Crippen LogP contribution >= 0.6 is 0 Å². The lowest BCUT2D eigenvalue weighted by Crippen LogP contribution is -2.14. The highest BCUT2D eigenvalue weighted by atomic mass is 16.5. The molecule has 0 spiro atoms. The minimum atomic E-state index is -0.467. The number of hydrogen-bond acceptors (Lipinski definition) is 4. The number of aliphatic hydroxyl groups is 1. The summed E-state index contributed by atoms with van der Waals surface area (Å²) < 4.78 is 4.48. The molecule has 0 rings (SSSR count). The van der Waals surface area contributed by atoms with E-state index in [2.05, 4.69) is 9.73 Å². The van der Waals surface area contributed by atoms with Crippen LogP contribution in [0.5, 0.6) is 0 Å². The SMILES string of the molecule is COC(=O)C(C)C=NCC(C)O. The van der Waals surface area contributed by atoms with Gasteiger partial charge in [-0.15, -0.1) is 0 Å². The first kappa shape index (κ1) is 11.1. The van der Waals surface area contributed by atoms with Gasteiger partial charge in [-0.25, -0.2) is 0 Å². The predicted octanol–water partition coefficient (Wildman–Crippen LogP) is 0.247. The number of carbonyl (C=O) groups is 1. The van der Waals surface area contributed by atoms with Gasteiger partial charge in [0.05, 0.1) is 25.7 Å². The monoisotopic (exact) mass is 173 g/mol. The normalized spacial score (nSPS) is 16.0. The Labute approximate surface area is 72.3 Å². The molecule has 70 valence electrons. The highest BCUT2D eigenvalue weighted by molar-refractivity contribution is 5.89. The topological polar surface area (TPSA) is 58.9 Å². The third-order valence-corrected chi connectivity index (χ3v) is 1.27. The van der Waals surface area contributed by atoms with E-state index in [0.29, 0.717) is 6.54 Å². The van der Waals surface area contributed by atoms with Gasteiger partial charge >= 0.3 is 5.97 Å². The summed E-state index contributed by atoms with van der Waals surface area (Å²) in [7, 11) is 1.33. The number of esters is 1. The zero-order valence-electron chi connectivity index (χ0n) is 7.65. The second-order valence-electron chi connectivity index (χ2n) is 2.68. The van der Waals surface area contributed by atoms with E-state index in [-0.39, 0.29) is 11.9 Å². The van der Waals surface area contributed by atoms with Crippen molar-refractivity contribution in [2.45, 2.75) is 20.0 Å². The quantitative estimate of drug-likeness (QED) is 0.489. The first-order valence-corrected chi connectivity index (χ1v) is 3.83. The fourth-order valence-corrected chi connectivity index (χ4v) is 0.618. The number of rotatable bonds is 4. The molecule has 0 aliphatic rings. The van der Waals surface area contributed by atoms with Gasteiger partial charge in [-0.1, -0.05) is 0 Å². The van der Waals surface area contributed by atoms with Crippen LogP contribution in [0.3, 0.4) is 0 Å². The van der Waals surface area contributed by atoms with Crippen molar-refractivity contribution >= 4 is 12.2 Å². The third kappa shape index (κ3) is 4.85. The number of hydrogen-bond donors (Lipinski definition) is 1. The highest BCUT2D eigenvalue weighted by Gasteiger charge is 2.08. The first-order chi connectivity index (χ1) is 5.57. The summed E-state index contributed by atoms with van der Waals surface area (Å²) in [5, 5.41) is 8.83. The third-order valence-electron chi connectivity index (χ3n) is 1.27. The molecule has 4 heteroatoms. The molecule has 0 bridgehead atoms. The van der Waals surface area contributed by atoms with Crippen molar-refractivity contribution < 1.29 is 14.6 Å². The van der Waals surface area contributed by atoms with E-state index in [1.165, 1.54) is 13.3 Å². The van der Waals surface area contributed by atoms with Gasteiger partial charge in [0, 0.05) is 6.21 Å². The van der Waals surface area contributed by atoms with E-state index in [9.17, 15) is 4.79 Å². The minimum absolute atomic E-state index is 0.315. The van der Waals surface area contributed by atoms with Crippen LogP contribution in [0.25, 0.3) is 0 Å². The van der Waals surface area contributed by atoms with Crippen molar-refractivity contribution in [3.05, 3.63) is 0 Å². The van der Waals surface area contributed by atoms with Gasteiger partial charge in [0.15, 0.2) is 0 Å². The zero-order valence-corrected chi connectivity index (χ0v) is 7.65. The average Bonchev–Trinajstić information content (AvgIpc) is 2.02. The fraction of sp³-hybridized carbons (Fsp3) is 0.750. The summed E-state index contributed by atoms with van der Waals surface area (Å²) in [6.45, 7) is 3.65. The van der Waals surface area contributed by atoms with Crippen molar-refractivity contribution in [1.82, 2.24) is 0 Å². The van der Waals surface area contributed by atoms with Gasteiger partial charge < -0.3 is 9.84 Å². The lowest BCUT2D eigenvalue weighted by Gasteiger charge is -2.02. The Morgan fingerprint density at radius 3 is 2.67 bits per heavy atom. The zero-order chi connectivity index (χ0) is 9.56. The second kappa shape index (κ2) is 5.71. The Morgan fingerprint density at radius 1 is 1.67 bits per heavy atom. The molecule has 0 saturated carbocycles. The second-order valence-corrected chi connectivity index (χ2v) is 2.68. The predicted molar refractivity (Wildman–Crippen MR) is 46.2 cm³/mol. The summed E-state index contributed by atoms with van der Waals surface area (Å²) in [4.78, 5) is 14.7. The average molecular weight is 173 g/mol. The molecule has 0 aliphatic carbocycles. The minimum Gasteiger partial charge on any atom is -0.469 e. The summed E-state index contributed by atoms with van der Waals surface area (Å²) in [6.07, 6.45) is 1.02. The number of methoxy groups -OCH3 is 1. The maximum Gasteiger partial charge on any atom is 0.313 e. The summed E-state index contributed by atoms with van der Waals surface area (Å²) in [5.74, 6) is -0.655. The van der Waals surface area contributed by atoms with Gasteiger partial charge in [0.1, 0.15) is 0 Å². The molecule has 2 atom stereocenters. The number of nitrogens with zero attached hydrogens (tertiary/aromatic N) is 1. The smallest absolute Gasteiger partial charge is 0.313 e. The van der Waals surface area contributed by atoms with Crippen LogP contribution in [-0.4, -0.2) is 37.0 Å². The Balaban J connectivity index is 3.75. The van der Waals surface area contributed by atoms with Gasteiger partial charge in [0.25, 0.3) is 0 Å². The molecule has 0 amide bonds. The Kier molecular flexibility index (Phi) is 5.28. The van der Waals surface area contributed by atoms with Crippen LogP contribution in [0.2, 0.25) is 0 Å². The molecule has 0 heterocycles. The number of aliphatic imine (C=N–C) groups is 1. The summed E-state index contributed by atoms with van der Waals surface area (Å²) in [6, 6.07) is 0. The molecule has 0 aromatic rings. The maximum atomic E-state index is 10.8. The van der Waals surface area contributed by atoms with E-state index in [0.717, 1.165) is 0 Å². The van der Waals surface area contributed by atoms with Crippen LogP contribution in [0, 0.1) is 5.92 Å². The Bertz CT molecular complexity index is 166. The molecule has 0 aromatic carbocycles. The van der Waals surface area contributed by atoms with Gasteiger partial charge in [0.2, 0.25) is 0 Å². The molecule has 4 nitrogen and oxygen atoms in total.